The summed E-state index contributed by atoms with van der Waals surface area (Å²) in [6, 6.07) is 5.65. The smallest absolute Gasteiger partial charge is 0.307 e. The lowest BCUT2D eigenvalue weighted by Crippen LogP contribution is -2.36. The van der Waals surface area contributed by atoms with E-state index in [0.29, 0.717) is 12.2 Å². The van der Waals surface area contributed by atoms with Gasteiger partial charge in [-0.1, -0.05) is 12.1 Å². The van der Waals surface area contributed by atoms with Gasteiger partial charge in [0.15, 0.2) is 0 Å². The van der Waals surface area contributed by atoms with E-state index in [1.807, 2.05) is 0 Å². The van der Waals surface area contributed by atoms with Gasteiger partial charge >= 0.3 is 5.97 Å². The summed E-state index contributed by atoms with van der Waals surface area (Å²) in [5, 5.41) is 9.00. The molecule has 21 heavy (non-hydrogen) atoms. The Morgan fingerprint density at radius 1 is 1.24 bits per heavy atom. The van der Waals surface area contributed by atoms with Crippen LogP contribution in [-0.4, -0.2) is 48.2 Å². The lowest BCUT2D eigenvalue weighted by atomic mass is 10.1. The highest BCUT2D eigenvalue weighted by Gasteiger charge is 2.15. The molecule has 1 aromatic carbocycles. The largest absolute Gasteiger partial charge is 0.466 e. The lowest BCUT2D eigenvalue weighted by molar-refractivity contribution is -0.144. The summed E-state index contributed by atoms with van der Waals surface area (Å²) in [7, 11) is 0. The van der Waals surface area contributed by atoms with Crippen molar-refractivity contribution in [1.29, 1.82) is 0 Å². The molecule has 0 heterocycles. The first-order chi connectivity index (χ1) is 10.1. The van der Waals surface area contributed by atoms with Crippen LogP contribution in [0.3, 0.4) is 0 Å². The number of amides is 1. The molecule has 1 N–H and O–H groups in total. The second-order valence-corrected chi connectivity index (χ2v) is 4.46. The molecular formula is C15H20FNO4. The number of hydrogen-bond acceptors (Lipinski definition) is 4. The van der Waals surface area contributed by atoms with Crippen LogP contribution >= 0.6 is 0 Å². The fourth-order valence-electron chi connectivity index (χ4n) is 1.83. The van der Waals surface area contributed by atoms with Crippen molar-refractivity contribution in [3.05, 3.63) is 35.6 Å². The quantitative estimate of drug-likeness (QED) is 0.731. The van der Waals surface area contributed by atoms with Crippen LogP contribution in [0.5, 0.6) is 0 Å². The highest BCUT2D eigenvalue weighted by Crippen LogP contribution is 2.06. The molecule has 0 bridgehead atoms. The van der Waals surface area contributed by atoms with Gasteiger partial charge in [-0.05, 0) is 24.6 Å². The molecule has 6 heteroatoms. The van der Waals surface area contributed by atoms with Crippen LogP contribution in [0.15, 0.2) is 24.3 Å². The number of benzene rings is 1. The predicted molar refractivity (Wildman–Crippen MR) is 75.0 cm³/mol. The number of halogens is 1. The zero-order valence-electron chi connectivity index (χ0n) is 12.0. The van der Waals surface area contributed by atoms with E-state index in [1.165, 1.54) is 29.2 Å². The van der Waals surface area contributed by atoms with Crippen molar-refractivity contribution < 1.29 is 23.8 Å². The third kappa shape index (κ3) is 6.35. The molecule has 1 rings (SSSR count). The number of nitrogens with zero attached hydrogens (tertiary/aromatic N) is 1. The van der Waals surface area contributed by atoms with Gasteiger partial charge in [-0.25, -0.2) is 4.39 Å². The summed E-state index contributed by atoms with van der Waals surface area (Å²) >= 11 is 0. The first kappa shape index (κ1) is 17.1. The van der Waals surface area contributed by atoms with E-state index in [2.05, 4.69) is 0 Å². The lowest BCUT2D eigenvalue weighted by Gasteiger charge is -2.21. The standard InChI is InChI=1S/C15H20FNO4/c1-2-21-15(20)7-8-17(9-10-18)14(19)11-12-3-5-13(16)6-4-12/h3-6,18H,2,7-11H2,1H3. The maximum Gasteiger partial charge on any atom is 0.307 e. The Labute approximate surface area is 123 Å². The second kappa shape index (κ2) is 9.07. The first-order valence-corrected chi connectivity index (χ1v) is 6.85. The number of ether oxygens (including phenoxy) is 1. The summed E-state index contributed by atoms with van der Waals surface area (Å²) in [4.78, 5) is 24.8. The zero-order chi connectivity index (χ0) is 15.7. The number of aliphatic hydroxyl groups is 1. The van der Waals surface area contributed by atoms with Gasteiger partial charge in [-0.15, -0.1) is 0 Å². The van der Waals surface area contributed by atoms with Gasteiger partial charge < -0.3 is 14.7 Å². The van der Waals surface area contributed by atoms with Gasteiger partial charge in [0.05, 0.1) is 26.1 Å². The van der Waals surface area contributed by atoms with E-state index in [9.17, 15) is 14.0 Å². The highest BCUT2D eigenvalue weighted by atomic mass is 19.1. The minimum Gasteiger partial charge on any atom is -0.466 e. The molecule has 0 atom stereocenters. The average Bonchev–Trinajstić information content (AvgIpc) is 2.46. The minimum atomic E-state index is -0.380. The summed E-state index contributed by atoms with van der Waals surface area (Å²) in [6.45, 7) is 2.17. The summed E-state index contributed by atoms with van der Waals surface area (Å²) in [6.07, 6.45) is 0.187. The summed E-state index contributed by atoms with van der Waals surface area (Å²) in [5.41, 5.74) is 0.681. The number of aliphatic hydroxyl groups excluding tert-OH is 1. The van der Waals surface area contributed by atoms with E-state index in [-0.39, 0.29) is 50.2 Å². The number of esters is 1. The molecule has 0 saturated carbocycles. The van der Waals surface area contributed by atoms with E-state index >= 15 is 0 Å². The van der Waals surface area contributed by atoms with Crippen LogP contribution in [0.1, 0.15) is 18.9 Å². The third-order valence-electron chi connectivity index (χ3n) is 2.88. The average molecular weight is 297 g/mol. The Hall–Kier alpha value is -1.95. The van der Waals surface area contributed by atoms with Gasteiger partial charge in [-0.3, -0.25) is 9.59 Å². The van der Waals surface area contributed by atoms with Gasteiger partial charge in [0.25, 0.3) is 0 Å². The van der Waals surface area contributed by atoms with Gasteiger partial charge in [0, 0.05) is 13.1 Å². The van der Waals surface area contributed by atoms with Crippen LogP contribution in [0.2, 0.25) is 0 Å². The van der Waals surface area contributed by atoms with Crippen molar-refractivity contribution >= 4 is 11.9 Å². The molecule has 0 fully saturated rings. The molecule has 116 valence electrons. The van der Waals surface area contributed by atoms with Crippen molar-refractivity contribution in [2.45, 2.75) is 19.8 Å². The van der Waals surface area contributed by atoms with Crippen LogP contribution < -0.4 is 0 Å². The van der Waals surface area contributed by atoms with Gasteiger partial charge in [0.2, 0.25) is 5.91 Å². The minimum absolute atomic E-state index is 0.0863. The van der Waals surface area contributed by atoms with Gasteiger partial charge in [0.1, 0.15) is 5.82 Å². The molecule has 0 spiro atoms. The highest BCUT2D eigenvalue weighted by molar-refractivity contribution is 5.79. The topological polar surface area (TPSA) is 66.8 Å². The van der Waals surface area contributed by atoms with Crippen molar-refractivity contribution in [2.75, 3.05) is 26.3 Å². The van der Waals surface area contributed by atoms with E-state index in [4.69, 9.17) is 9.84 Å². The Morgan fingerprint density at radius 2 is 1.90 bits per heavy atom. The number of carbonyl (C=O) groups excluding carboxylic acids is 2. The molecular weight excluding hydrogens is 277 g/mol. The SMILES string of the molecule is CCOC(=O)CCN(CCO)C(=O)Cc1ccc(F)cc1. The number of hydrogen-bond donors (Lipinski definition) is 1. The molecule has 0 radical (unpaired) electrons. The van der Waals surface area contributed by atoms with E-state index in [1.54, 1.807) is 6.92 Å². The van der Waals surface area contributed by atoms with Crippen molar-refractivity contribution in [3.63, 3.8) is 0 Å². The first-order valence-electron chi connectivity index (χ1n) is 6.85. The van der Waals surface area contributed by atoms with Gasteiger partial charge in [-0.2, -0.15) is 0 Å². The Bertz CT molecular complexity index is 461. The van der Waals surface area contributed by atoms with E-state index in [0.717, 1.165) is 0 Å². The Balaban J connectivity index is 2.55. The molecule has 1 aromatic rings. The maximum atomic E-state index is 12.8. The number of rotatable bonds is 8. The normalized spacial score (nSPS) is 10.2. The molecule has 0 unspecified atom stereocenters. The fourth-order valence-corrected chi connectivity index (χ4v) is 1.83. The Morgan fingerprint density at radius 3 is 2.48 bits per heavy atom. The van der Waals surface area contributed by atoms with Crippen LogP contribution in [0.4, 0.5) is 4.39 Å². The monoisotopic (exact) mass is 297 g/mol. The van der Waals surface area contributed by atoms with Crippen molar-refractivity contribution in [3.8, 4) is 0 Å². The van der Waals surface area contributed by atoms with Crippen LogP contribution in [-0.2, 0) is 20.7 Å². The second-order valence-electron chi connectivity index (χ2n) is 4.46. The fraction of sp³-hybridized carbons (Fsp3) is 0.467. The molecule has 5 nitrogen and oxygen atoms in total. The molecule has 0 aliphatic heterocycles. The zero-order valence-corrected chi connectivity index (χ0v) is 12.0. The van der Waals surface area contributed by atoms with Crippen molar-refractivity contribution in [1.82, 2.24) is 4.90 Å². The van der Waals surface area contributed by atoms with E-state index < -0.39 is 0 Å². The van der Waals surface area contributed by atoms with Crippen molar-refractivity contribution in [2.24, 2.45) is 0 Å². The third-order valence-corrected chi connectivity index (χ3v) is 2.88. The molecule has 1 amide bonds. The molecule has 0 aliphatic rings. The summed E-state index contributed by atoms with van der Waals surface area (Å²) < 4.78 is 17.6. The van der Waals surface area contributed by atoms with Crippen LogP contribution in [0.25, 0.3) is 0 Å². The molecule has 0 saturated heterocycles. The maximum absolute atomic E-state index is 12.8. The number of carbonyl (C=O) groups is 2. The van der Waals surface area contributed by atoms with Crippen LogP contribution in [0, 0.1) is 5.82 Å². The Kier molecular flexibility index (Phi) is 7.39. The summed E-state index contributed by atoms with van der Waals surface area (Å²) in [5.74, 6) is -0.962. The predicted octanol–water partition coefficient (Wildman–Crippen LogP) is 1.14. The molecule has 0 aliphatic carbocycles. The molecule has 0 aromatic heterocycles.